The van der Waals surface area contributed by atoms with Crippen molar-refractivity contribution in [2.75, 3.05) is 0 Å². The molecule has 0 heterocycles. The van der Waals surface area contributed by atoms with Crippen LogP contribution in [0.15, 0.2) is 12.1 Å². The largest absolute Gasteiger partial charge is 0.490 e. The van der Waals surface area contributed by atoms with E-state index in [9.17, 15) is 4.79 Å². The molecule has 1 aromatic rings. The molecule has 1 aromatic carbocycles. The fourth-order valence-corrected chi connectivity index (χ4v) is 2.59. The van der Waals surface area contributed by atoms with Crippen molar-refractivity contribution in [3.8, 4) is 5.75 Å². The number of aryl methyl sites for hydroxylation is 2. The van der Waals surface area contributed by atoms with Crippen molar-refractivity contribution >= 4 is 6.29 Å². The molecule has 0 amide bonds. The van der Waals surface area contributed by atoms with E-state index < -0.39 is 0 Å². The van der Waals surface area contributed by atoms with E-state index in [0.717, 1.165) is 18.5 Å². The molecule has 0 aliphatic heterocycles. The van der Waals surface area contributed by atoms with Crippen LogP contribution >= 0.6 is 0 Å². The molecule has 0 spiro atoms. The number of aldehydes is 1. The molecule has 1 saturated carbocycles. The molecule has 0 bridgehead atoms. The molecule has 0 unspecified atom stereocenters. The Balaban J connectivity index is 2.22. The van der Waals surface area contributed by atoms with Crippen LogP contribution in [0.1, 0.15) is 48.8 Å². The number of benzene rings is 1. The molecule has 2 nitrogen and oxygen atoms in total. The molecule has 0 atom stereocenters. The van der Waals surface area contributed by atoms with E-state index in [1.807, 2.05) is 0 Å². The van der Waals surface area contributed by atoms with Gasteiger partial charge in [0.1, 0.15) is 12.0 Å². The van der Waals surface area contributed by atoms with E-state index in [-0.39, 0.29) is 0 Å². The van der Waals surface area contributed by atoms with Gasteiger partial charge >= 0.3 is 0 Å². The molecule has 18 heavy (non-hydrogen) atoms. The fourth-order valence-electron chi connectivity index (χ4n) is 2.59. The molecule has 98 valence electrons. The van der Waals surface area contributed by atoms with Crippen LogP contribution < -0.4 is 4.74 Å². The lowest BCUT2D eigenvalue weighted by Gasteiger charge is -2.19. The van der Waals surface area contributed by atoms with Crippen LogP contribution in [0.3, 0.4) is 0 Å². The Morgan fingerprint density at radius 3 is 2.67 bits per heavy atom. The summed E-state index contributed by atoms with van der Waals surface area (Å²) in [6.07, 6.45) is 7.60. The number of rotatable bonds is 5. The highest BCUT2D eigenvalue weighted by molar-refractivity contribution is 5.52. The average Bonchev–Trinajstić information content (AvgIpc) is 2.87. The molecule has 1 fully saturated rings. The van der Waals surface area contributed by atoms with Crippen molar-refractivity contribution in [3.05, 3.63) is 28.8 Å². The number of hydrogen-bond acceptors (Lipinski definition) is 2. The van der Waals surface area contributed by atoms with Crippen LogP contribution in [0.25, 0.3) is 0 Å². The first-order chi connectivity index (χ1) is 8.72. The molecule has 2 heteroatoms. The van der Waals surface area contributed by atoms with E-state index in [0.29, 0.717) is 12.5 Å². The Morgan fingerprint density at radius 2 is 2.00 bits per heavy atom. The van der Waals surface area contributed by atoms with E-state index in [2.05, 4.69) is 26.0 Å². The quantitative estimate of drug-likeness (QED) is 0.739. The smallest absolute Gasteiger partial charge is 0.126 e. The monoisotopic (exact) mass is 246 g/mol. The topological polar surface area (TPSA) is 26.3 Å². The molecule has 0 aromatic heterocycles. The first-order valence-corrected chi connectivity index (χ1v) is 6.91. The highest BCUT2D eigenvalue weighted by Crippen LogP contribution is 2.31. The third-order valence-corrected chi connectivity index (χ3v) is 3.88. The normalized spacial score (nSPS) is 15.9. The summed E-state index contributed by atoms with van der Waals surface area (Å²) in [6.45, 7) is 4.23. The van der Waals surface area contributed by atoms with Crippen molar-refractivity contribution in [2.45, 2.75) is 58.5 Å². The highest BCUT2D eigenvalue weighted by Gasteiger charge is 2.19. The second-order valence-electron chi connectivity index (χ2n) is 5.23. The summed E-state index contributed by atoms with van der Waals surface area (Å²) in [4.78, 5) is 10.5. The van der Waals surface area contributed by atoms with E-state index >= 15 is 0 Å². The Hall–Kier alpha value is -1.31. The fraction of sp³-hybridized carbons (Fsp3) is 0.562. The van der Waals surface area contributed by atoms with Gasteiger partial charge < -0.3 is 9.53 Å². The molecule has 1 aliphatic carbocycles. The van der Waals surface area contributed by atoms with Gasteiger partial charge in [0.25, 0.3) is 0 Å². The summed E-state index contributed by atoms with van der Waals surface area (Å²) in [7, 11) is 0. The molecular formula is C16H22O2. The summed E-state index contributed by atoms with van der Waals surface area (Å²) in [6, 6.07) is 4.23. The Morgan fingerprint density at radius 1 is 1.28 bits per heavy atom. The SMILES string of the molecule is Cc1ccc(CCC=O)c(OC2CCCC2)c1C. The number of ether oxygens (including phenoxy) is 1. The molecule has 1 aliphatic rings. The minimum atomic E-state index is 0.375. The van der Waals surface area contributed by atoms with Gasteiger partial charge in [-0.05, 0) is 62.6 Å². The van der Waals surface area contributed by atoms with Gasteiger partial charge in [-0.3, -0.25) is 0 Å². The van der Waals surface area contributed by atoms with Gasteiger partial charge in [0.2, 0.25) is 0 Å². The second-order valence-corrected chi connectivity index (χ2v) is 5.23. The summed E-state index contributed by atoms with van der Waals surface area (Å²) >= 11 is 0. The first kappa shape index (κ1) is 13.1. The van der Waals surface area contributed by atoms with Crippen LogP contribution in [-0.4, -0.2) is 12.4 Å². The van der Waals surface area contributed by atoms with Crippen LogP contribution in [0, 0.1) is 13.8 Å². The van der Waals surface area contributed by atoms with Gasteiger partial charge in [-0.15, -0.1) is 0 Å². The van der Waals surface area contributed by atoms with Crippen molar-refractivity contribution in [2.24, 2.45) is 0 Å². The Labute approximate surface area is 109 Å². The van der Waals surface area contributed by atoms with E-state index in [1.165, 1.54) is 42.4 Å². The van der Waals surface area contributed by atoms with Crippen LogP contribution in [0.4, 0.5) is 0 Å². The lowest BCUT2D eigenvalue weighted by Crippen LogP contribution is -2.13. The van der Waals surface area contributed by atoms with E-state index in [1.54, 1.807) is 0 Å². The third kappa shape index (κ3) is 2.92. The van der Waals surface area contributed by atoms with E-state index in [4.69, 9.17) is 4.74 Å². The zero-order chi connectivity index (χ0) is 13.0. The van der Waals surface area contributed by atoms with Gasteiger partial charge in [-0.2, -0.15) is 0 Å². The molecule has 0 saturated heterocycles. The van der Waals surface area contributed by atoms with Gasteiger partial charge in [0, 0.05) is 6.42 Å². The summed E-state index contributed by atoms with van der Waals surface area (Å²) in [5.74, 6) is 1.03. The van der Waals surface area contributed by atoms with Gasteiger partial charge in [-0.1, -0.05) is 12.1 Å². The molecular weight excluding hydrogens is 224 g/mol. The number of carbonyl (C=O) groups excluding carboxylic acids is 1. The third-order valence-electron chi connectivity index (χ3n) is 3.88. The summed E-state index contributed by atoms with van der Waals surface area (Å²) in [5.41, 5.74) is 3.67. The van der Waals surface area contributed by atoms with Crippen molar-refractivity contribution < 1.29 is 9.53 Å². The number of hydrogen-bond donors (Lipinski definition) is 0. The van der Waals surface area contributed by atoms with Crippen molar-refractivity contribution in [3.63, 3.8) is 0 Å². The lowest BCUT2D eigenvalue weighted by molar-refractivity contribution is -0.107. The highest BCUT2D eigenvalue weighted by atomic mass is 16.5. The maximum absolute atomic E-state index is 10.5. The van der Waals surface area contributed by atoms with Gasteiger partial charge in [0.05, 0.1) is 6.10 Å². The minimum absolute atomic E-state index is 0.375. The molecule has 0 N–H and O–H groups in total. The standard InChI is InChI=1S/C16H22O2/c1-12-9-10-14(6-5-11-17)16(13(12)2)18-15-7-3-4-8-15/h9-11,15H,3-8H2,1-2H3. The lowest BCUT2D eigenvalue weighted by atomic mass is 10.0. The zero-order valence-corrected chi connectivity index (χ0v) is 11.4. The molecule has 0 radical (unpaired) electrons. The van der Waals surface area contributed by atoms with Crippen LogP contribution in [0.5, 0.6) is 5.75 Å². The molecule has 2 rings (SSSR count). The predicted molar refractivity (Wildman–Crippen MR) is 73.2 cm³/mol. The first-order valence-electron chi connectivity index (χ1n) is 6.91. The van der Waals surface area contributed by atoms with Crippen LogP contribution in [0.2, 0.25) is 0 Å². The number of carbonyl (C=O) groups is 1. The summed E-state index contributed by atoms with van der Waals surface area (Å²) < 4.78 is 6.20. The maximum atomic E-state index is 10.5. The van der Waals surface area contributed by atoms with Crippen molar-refractivity contribution in [1.29, 1.82) is 0 Å². The average molecular weight is 246 g/mol. The van der Waals surface area contributed by atoms with Crippen LogP contribution in [-0.2, 0) is 11.2 Å². The Bertz CT molecular complexity index is 417. The Kier molecular flexibility index (Phi) is 4.40. The summed E-state index contributed by atoms with van der Waals surface area (Å²) in [5, 5.41) is 0. The van der Waals surface area contributed by atoms with Gasteiger partial charge in [-0.25, -0.2) is 0 Å². The predicted octanol–water partition coefficient (Wildman–Crippen LogP) is 3.76. The van der Waals surface area contributed by atoms with Crippen molar-refractivity contribution in [1.82, 2.24) is 0 Å². The zero-order valence-electron chi connectivity index (χ0n) is 11.4. The maximum Gasteiger partial charge on any atom is 0.126 e. The van der Waals surface area contributed by atoms with Gasteiger partial charge in [0.15, 0.2) is 0 Å². The minimum Gasteiger partial charge on any atom is -0.490 e. The second kappa shape index (κ2) is 6.03.